The fourth-order valence-corrected chi connectivity index (χ4v) is 4.20. The van der Waals surface area contributed by atoms with Crippen LogP contribution in [0, 0.1) is 17.8 Å². The monoisotopic (exact) mass is 483 g/mol. The van der Waals surface area contributed by atoms with Crippen LogP contribution in [0.1, 0.15) is 98.3 Å². The van der Waals surface area contributed by atoms with Gasteiger partial charge in [0, 0.05) is 31.1 Å². The number of aliphatic carboxylic acids is 3. The summed E-state index contributed by atoms with van der Waals surface area (Å²) in [5, 5.41) is 30.0. The average molecular weight is 484 g/mol. The lowest BCUT2D eigenvalue weighted by molar-refractivity contribution is -0.929. The number of hydrogen-bond acceptors (Lipinski definition) is 4. The van der Waals surface area contributed by atoms with Gasteiger partial charge in [0.05, 0.1) is 38.0 Å². The van der Waals surface area contributed by atoms with Crippen molar-refractivity contribution in [1.82, 2.24) is 0 Å². The fraction of sp³-hybridized carbons (Fsp3) is 0.815. The number of carbonyl (C=O) groups excluding carboxylic acids is 1. The number of rotatable bonds is 22. The van der Waals surface area contributed by atoms with E-state index in [4.69, 9.17) is 0 Å². The average Bonchev–Trinajstić information content (AvgIpc) is 2.79. The molecule has 0 aromatic carbocycles. The first-order valence-electron chi connectivity index (χ1n) is 13.2. The van der Waals surface area contributed by atoms with Gasteiger partial charge in [0.1, 0.15) is 0 Å². The summed E-state index contributed by atoms with van der Waals surface area (Å²) in [6.07, 6.45) is 15.0. The standard InChI is InChI=1S/C27H49NO6/c1-5-6-7-8-9-10-11-12-13-14-18-28(19-15-22(2)25(29)30,20-16-23(3)26(31)32)21-17-24(4)27(33)34/h5-6,22-24H,7-21H2,1-4H3,(H2-,29,30,31,32,33,34)/b6-5+. The maximum Gasteiger partial charge on any atom is 0.306 e. The third-order valence-corrected chi connectivity index (χ3v) is 7.09. The summed E-state index contributed by atoms with van der Waals surface area (Å²) in [7, 11) is 0. The molecular weight excluding hydrogens is 434 g/mol. The molecule has 0 bridgehead atoms. The number of carboxylic acid groups (broad SMARTS) is 3. The van der Waals surface area contributed by atoms with Gasteiger partial charge in [0.2, 0.25) is 0 Å². The van der Waals surface area contributed by atoms with Crippen LogP contribution in [0.4, 0.5) is 0 Å². The summed E-state index contributed by atoms with van der Waals surface area (Å²) in [4.78, 5) is 34.1. The van der Waals surface area contributed by atoms with E-state index in [-0.39, 0.29) is 0 Å². The Bertz CT molecular complexity index is 558. The first kappa shape index (κ1) is 32.1. The highest BCUT2D eigenvalue weighted by Crippen LogP contribution is 2.21. The van der Waals surface area contributed by atoms with E-state index in [2.05, 4.69) is 12.2 Å². The van der Waals surface area contributed by atoms with E-state index in [0.717, 1.165) is 32.2 Å². The molecule has 7 heteroatoms. The molecule has 0 aliphatic carbocycles. The molecule has 0 aliphatic rings. The van der Waals surface area contributed by atoms with Gasteiger partial charge in [-0.15, -0.1) is 0 Å². The molecule has 3 atom stereocenters. The van der Waals surface area contributed by atoms with Gasteiger partial charge in [-0.05, 0) is 32.6 Å². The molecule has 0 aliphatic heterocycles. The Kier molecular flexibility index (Phi) is 17.4. The lowest BCUT2D eigenvalue weighted by Crippen LogP contribution is -2.52. The van der Waals surface area contributed by atoms with Crippen molar-refractivity contribution >= 4 is 17.9 Å². The van der Waals surface area contributed by atoms with Crippen molar-refractivity contribution in [1.29, 1.82) is 0 Å². The second-order valence-corrected chi connectivity index (χ2v) is 10.1. The molecule has 0 fully saturated rings. The number of carbonyl (C=O) groups is 3. The van der Waals surface area contributed by atoms with Crippen LogP contribution in [0.3, 0.4) is 0 Å². The maximum absolute atomic E-state index is 11.4. The zero-order chi connectivity index (χ0) is 26.0. The quantitative estimate of drug-likeness (QED) is 0.133. The van der Waals surface area contributed by atoms with Crippen LogP contribution in [-0.2, 0) is 14.4 Å². The van der Waals surface area contributed by atoms with Crippen LogP contribution in [0.2, 0.25) is 0 Å². The van der Waals surface area contributed by atoms with Gasteiger partial charge in [0.15, 0.2) is 0 Å². The third-order valence-electron chi connectivity index (χ3n) is 7.09. The fourth-order valence-electron chi connectivity index (χ4n) is 4.20. The van der Waals surface area contributed by atoms with E-state index in [9.17, 15) is 29.7 Å². The molecule has 198 valence electrons. The highest BCUT2D eigenvalue weighted by Gasteiger charge is 2.30. The van der Waals surface area contributed by atoms with Gasteiger partial charge in [0.25, 0.3) is 0 Å². The zero-order valence-corrected chi connectivity index (χ0v) is 22.0. The largest absolute Gasteiger partial charge is 0.550 e. The normalized spacial score (nSPS) is 16.1. The summed E-state index contributed by atoms with van der Waals surface area (Å²) < 4.78 is 0.580. The van der Waals surface area contributed by atoms with Crippen molar-refractivity contribution in [2.24, 2.45) is 17.8 Å². The van der Waals surface area contributed by atoms with E-state index in [1.807, 2.05) is 6.92 Å². The van der Waals surface area contributed by atoms with E-state index < -0.39 is 35.7 Å². The Labute approximate surface area is 206 Å². The smallest absolute Gasteiger partial charge is 0.306 e. The molecule has 0 rings (SSSR count). The molecule has 0 spiro atoms. The summed E-state index contributed by atoms with van der Waals surface area (Å²) in [5.41, 5.74) is 0. The van der Waals surface area contributed by atoms with Crippen molar-refractivity contribution in [3.63, 3.8) is 0 Å². The van der Waals surface area contributed by atoms with Gasteiger partial charge in [-0.1, -0.05) is 58.6 Å². The summed E-state index contributed by atoms with van der Waals surface area (Å²) in [6, 6.07) is 0. The van der Waals surface area contributed by atoms with E-state index >= 15 is 0 Å². The Balaban J connectivity index is 5.06. The number of nitrogens with zero attached hydrogens (tertiary/aromatic N) is 1. The summed E-state index contributed by atoms with van der Waals surface area (Å²) >= 11 is 0. The minimum atomic E-state index is -1.08. The van der Waals surface area contributed by atoms with Gasteiger partial charge in [-0.3, -0.25) is 9.59 Å². The lowest BCUT2D eigenvalue weighted by Gasteiger charge is -2.41. The third kappa shape index (κ3) is 15.1. The molecule has 0 aromatic heterocycles. The molecular formula is C27H49NO6. The van der Waals surface area contributed by atoms with Crippen LogP contribution >= 0.6 is 0 Å². The molecule has 0 heterocycles. The number of carboxylic acids is 3. The van der Waals surface area contributed by atoms with E-state index in [1.165, 1.54) is 25.7 Å². The second-order valence-electron chi connectivity index (χ2n) is 10.1. The lowest BCUT2D eigenvalue weighted by atomic mass is 10.0. The Morgan fingerprint density at radius 2 is 1.12 bits per heavy atom. The van der Waals surface area contributed by atoms with Crippen molar-refractivity contribution in [3.8, 4) is 0 Å². The molecule has 2 N–H and O–H groups in total. The van der Waals surface area contributed by atoms with E-state index in [1.54, 1.807) is 20.8 Å². The van der Waals surface area contributed by atoms with Crippen LogP contribution in [0.25, 0.3) is 0 Å². The Hall–Kier alpha value is -1.89. The summed E-state index contributed by atoms with van der Waals surface area (Å²) in [6.45, 7) is 9.71. The second kappa shape index (κ2) is 18.4. The maximum atomic E-state index is 11.4. The SMILES string of the molecule is C/C=C/CCCCCCCCC[N+](CCC(C)C(=O)[O-])(CCC(C)C(=O)O)CCC(C)C(=O)O. The highest BCUT2D eigenvalue weighted by atomic mass is 16.4. The van der Waals surface area contributed by atoms with Gasteiger partial charge >= 0.3 is 11.9 Å². The molecule has 34 heavy (non-hydrogen) atoms. The van der Waals surface area contributed by atoms with Crippen LogP contribution < -0.4 is 5.11 Å². The molecule has 0 aromatic rings. The van der Waals surface area contributed by atoms with Crippen molar-refractivity contribution in [2.45, 2.75) is 98.3 Å². The first-order chi connectivity index (χ1) is 16.0. The minimum absolute atomic E-state index is 0.442. The van der Waals surface area contributed by atoms with Gasteiger partial charge in [-0.2, -0.15) is 0 Å². The molecule has 0 saturated heterocycles. The molecule has 0 amide bonds. The van der Waals surface area contributed by atoms with Gasteiger partial charge in [-0.25, -0.2) is 0 Å². The number of unbranched alkanes of at least 4 members (excludes halogenated alkanes) is 7. The van der Waals surface area contributed by atoms with Crippen molar-refractivity contribution < 1.29 is 34.2 Å². The molecule has 7 nitrogen and oxygen atoms in total. The van der Waals surface area contributed by atoms with Gasteiger partial charge < -0.3 is 24.6 Å². The van der Waals surface area contributed by atoms with Crippen LogP contribution in [-0.4, -0.2) is 58.8 Å². The highest BCUT2D eigenvalue weighted by molar-refractivity contribution is 5.69. The number of hydrogen-bond donors (Lipinski definition) is 2. The topological polar surface area (TPSA) is 115 Å². The first-order valence-corrected chi connectivity index (χ1v) is 13.2. The number of quaternary nitrogens is 1. The minimum Gasteiger partial charge on any atom is -0.550 e. The van der Waals surface area contributed by atoms with Crippen LogP contribution in [0.5, 0.6) is 0 Å². The number of allylic oxidation sites excluding steroid dienone is 2. The predicted octanol–water partition coefficient (Wildman–Crippen LogP) is 4.50. The Morgan fingerprint density at radius 3 is 1.53 bits per heavy atom. The molecule has 0 saturated carbocycles. The zero-order valence-electron chi connectivity index (χ0n) is 22.0. The molecule has 3 unspecified atom stereocenters. The summed E-state index contributed by atoms with van der Waals surface area (Å²) in [5.74, 6) is -4.32. The van der Waals surface area contributed by atoms with Crippen LogP contribution in [0.15, 0.2) is 12.2 Å². The van der Waals surface area contributed by atoms with E-state index in [0.29, 0.717) is 43.4 Å². The van der Waals surface area contributed by atoms with Crippen molar-refractivity contribution in [3.05, 3.63) is 12.2 Å². The van der Waals surface area contributed by atoms with Crippen molar-refractivity contribution in [2.75, 3.05) is 26.2 Å². The predicted molar refractivity (Wildman–Crippen MR) is 133 cm³/mol. The Morgan fingerprint density at radius 1 is 0.706 bits per heavy atom. The molecule has 0 radical (unpaired) electrons.